The predicted molar refractivity (Wildman–Crippen MR) is 98.8 cm³/mol. The second-order valence-corrected chi connectivity index (χ2v) is 6.82. The first kappa shape index (κ1) is 17.6. The number of thiazole rings is 1. The quantitative estimate of drug-likeness (QED) is 0.315. The molecule has 2 rings (SSSR count). The zero-order valence-electron chi connectivity index (χ0n) is 13.2. The first-order valence-corrected chi connectivity index (χ1v) is 9.39. The molecule has 5 nitrogen and oxygen atoms in total. The molecule has 1 aromatic carbocycles. The minimum Gasteiger partial charge on any atom is -0.492 e. The second kappa shape index (κ2) is 10.9. The number of benzene rings is 1. The van der Waals surface area contributed by atoms with Crippen molar-refractivity contribution >= 4 is 29.1 Å². The third-order valence-corrected chi connectivity index (χ3v) is 4.93. The number of para-hydroxylation sites is 1. The number of aliphatic imine (C=N–C) groups is 1. The van der Waals surface area contributed by atoms with Crippen molar-refractivity contribution in [3.05, 3.63) is 41.9 Å². The molecule has 0 unspecified atom stereocenters. The summed E-state index contributed by atoms with van der Waals surface area (Å²) in [5, 5.41) is 8.55. The van der Waals surface area contributed by atoms with E-state index in [4.69, 9.17) is 4.74 Å². The lowest BCUT2D eigenvalue weighted by Crippen LogP contribution is -2.39. The van der Waals surface area contributed by atoms with Gasteiger partial charge in [-0.3, -0.25) is 4.99 Å². The van der Waals surface area contributed by atoms with E-state index < -0.39 is 0 Å². The van der Waals surface area contributed by atoms with E-state index in [0.29, 0.717) is 13.2 Å². The van der Waals surface area contributed by atoms with Gasteiger partial charge in [0, 0.05) is 30.9 Å². The van der Waals surface area contributed by atoms with Gasteiger partial charge in [0.1, 0.15) is 16.7 Å². The minimum absolute atomic E-state index is 0.602. The first-order valence-electron chi connectivity index (χ1n) is 7.53. The lowest BCUT2D eigenvalue weighted by atomic mass is 10.3. The monoisotopic (exact) mass is 350 g/mol. The fourth-order valence-electron chi connectivity index (χ4n) is 1.80. The summed E-state index contributed by atoms with van der Waals surface area (Å²) in [6, 6.07) is 9.81. The molecule has 1 aromatic heterocycles. The molecule has 2 N–H and O–H groups in total. The summed E-state index contributed by atoms with van der Waals surface area (Å²) in [6.45, 7) is 2.20. The lowest BCUT2D eigenvalue weighted by molar-refractivity contribution is 0.322. The molecule has 23 heavy (non-hydrogen) atoms. The molecule has 0 saturated carbocycles. The van der Waals surface area contributed by atoms with Crippen molar-refractivity contribution < 1.29 is 4.74 Å². The molecule has 0 fully saturated rings. The van der Waals surface area contributed by atoms with Gasteiger partial charge in [-0.25, -0.2) is 4.98 Å². The summed E-state index contributed by atoms with van der Waals surface area (Å²) < 4.78 is 6.76. The number of nitrogens with zero attached hydrogens (tertiary/aromatic N) is 2. The van der Waals surface area contributed by atoms with Crippen LogP contribution in [0.3, 0.4) is 0 Å². The molecule has 0 aliphatic heterocycles. The van der Waals surface area contributed by atoms with Gasteiger partial charge < -0.3 is 15.4 Å². The molecule has 2 aromatic rings. The number of hydrogen-bond acceptors (Lipinski definition) is 5. The zero-order chi connectivity index (χ0) is 16.2. The van der Waals surface area contributed by atoms with Gasteiger partial charge in [-0.2, -0.15) is 0 Å². The Morgan fingerprint density at radius 1 is 1.26 bits per heavy atom. The van der Waals surface area contributed by atoms with E-state index in [0.717, 1.165) is 34.8 Å². The number of thioether (sulfide) groups is 1. The van der Waals surface area contributed by atoms with Crippen LogP contribution in [0.2, 0.25) is 0 Å². The van der Waals surface area contributed by atoms with Crippen LogP contribution in [-0.4, -0.2) is 43.4 Å². The Kier molecular flexibility index (Phi) is 8.36. The van der Waals surface area contributed by atoms with Crippen LogP contribution in [0.5, 0.6) is 5.75 Å². The van der Waals surface area contributed by atoms with Gasteiger partial charge in [0.25, 0.3) is 0 Å². The fourth-order valence-corrected chi connectivity index (χ4v) is 3.44. The number of rotatable bonds is 9. The average molecular weight is 351 g/mol. The minimum atomic E-state index is 0.602. The van der Waals surface area contributed by atoms with Gasteiger partial charge in [0.15, 0.2) is 5.96 Å². The standard InChI is InChI=1S/C16H22N4OS2/c1-17-15(18-8-5-12-22-16-20-10-13-23-16)19-9-11-21-14-6-3-2-4-7-14/h2-4,6-7,10,13H,5,8-9,11-12H2,1H3,(H2,17,18,19). The molecule has 0 amide bonds. The number of hydrogen-bond donors (Lipinski definition) is 2. The predicted octanol–water partition coefficient (Wildman–Crippen LogP) is 2.87. The maximum absolute atomic E-state index is 5.63. The molecule has 0 aliphatic rings. The molecule has 0 saturated heterocycles. The molecule has 7 heteroatoms. The van der Waals surface area contributed by atoms with Crippen molar-refractivity contribution in [2.24, 2.45) is 4.99 Å². The zero-order valence-corrected chi connectivity index (χ0v) is 14.8. The summed E-state index contributed by atoms with van der Waals surface area (Å²) in [5.41, 5.74) is 0. The van der Waals surface area contributed by atoms with E-state index >= 15 is 0 Å². The van der Waals surface area contributed by atoms with Crippen LogP contribution in [0, 0.1) is 0 Å². The smallest absolute Gasteiger partial charge is 0.191 e. The van der Waals surface area contributed by atoms with Crippen molar-refractivity contribution in [2.75, 3.05) is 32.5 Å². The van der Waals surface area contributed by atoms with Gasteiger partial charge in [-0.1, -0.05) is 30.0 Å². The first-order chi connectivity index (χ1) is 11.4. The highest BCUT2D eigenvalue weighted by atomic mass is 32.2. The molecule has 0 bridgehead atoms. The van der Waals surface area contributed by atoms with Crippen molar-refractivity contribution in [1.29, 1.82) is 0 Å². The third kappa shape index (κ3) is 7.38. The van der Waals surface area contributed by atoms with Gasteiger partial charge in [0.2, 0.25) is 0 Å². The van der Waals surface area contributed by atoms with Crippen LogP contribution in [0.1, 0.15) is 6.42 Å². The van der Waals surface area contributed by atoms with Gasteiger partial charge in [0.05, 0.1) is 6.54 Å². The maximum atomic E-state index is 5.63. The van der Waals surface area contributed by atoms with E-state index in [1.54, 1.807) is 30.1 Å². The van der Waals surface area contributed by atoms with E-state index in [2.05, 4.69) is 20.6 Å². The number of ether oxygens (including phenoxy) is 1. The van der Waals surface area contributed by atoms with Gasteiger partial charge in [-0.15, -0.1) is 11.3 Å². The highest BCUT2D eigenvalue weighted by Gasteiger charge is 1.99. The highest BCUT2D eigenvalue weighted by Crippen LogP contribution is 2.20. The van der Waals surface area contributed by atoms with E-state index in [1.165, 1.54) is 0 Å². The highest BCUT2D eigenvalue weighted by molar-refractivity contribution is 8.00. The second-order valence-electron chi connectivity index (χ2n) is 4.59. The SMILES string of the molecule is CN=C(NCCCSc1nccs1)NCCOc1ccccc1. The summed E-state index contributed by atoms with van der Waals surface area (Å²) in [6.07, 6.45) is 2.90. The normalized spacial score (nSPS) is 11.3. The fraction of sp³-hybridized carbons (Fsp3) is 0.375. The van der Waals surface area contributed by atoms with Crippen molar-refractivity contribution in [1.82, 2.24) is 15.6 Å². The number of nitrogens with one attached hydrogen (secondary N) is 2. The van der Waals surface area contributed by atoms with E-state index in [9.17, 15) is 0 Å². The van der Waals surface area contributed by atoms with E-state index in [1.807, 2.05) is 41.9 Å². The molecule has 0 atom stereocenters. The Balaban J connectivity index is 1.51. The van der Waals surface area contributed by atoms with Crippen LogP contribution < -0.4 is 15.4 Å². The maximum Gasteiger partial charge on any atom is 0.191 e. The Bertz CT molecular complexity index is 561. The topological polar surface area (TPSA) is 58.5 Å². The lowest BCUT2D eigenvalue weighted by Gasteiger charge is -2.12. The molecular formula is C16H22N4OS2. The largest absolute Gasteiger partial charge is 0.492 e. The number of aromatic nitrogens is 1. The summed E-state index contributed by atoms with van der Waals surface area (Å²) in [7, 11) is 1.78. The number of guanidine groups is 1. The van der Waals surface area contributed by atoms with Crippen LogP contribution in [0.4, 0.5) is 0 Å². The van der Waals surface area contributed by atoms with Gasteiger partial charge in [-0.05, 0) is 18.6 Å². The van der Waals surface area contributed by atoms with E-state index in [-0.39, 0.29) is 0 Å². The van der Waals surface area contributed by atoms with Crippen LogP contribution in [0.15, 0.2) is 51.2 Å². The summed E-state index contributed by atoms with van der Waals surface area (Å²) in [4.78, 5) is 8.45. The Hall–Kier alpha value is -1.73. The van der Waals surface area contributed by atoms with Gasteiger partial charge >= 0.3 is 0 Å². The van der Waals surface area contributed by atoms with Crippen LogP contribution >= 0.6 is 23.1 Å². The summed E-state index contributed by atoms with van der Waals surface area (Å²) >= 11 is 3.48. The molecule has 0 radical (unpaired) electrons. The Morgan fingerprint density at radius 3 is 2.83 bits per heavy atom. The van der Waals surface area contributed by atoms with Crippen LogP contribution in [0.25, 0.3) is 0 Å². The van der Waals surface area contributed by atoms with Crippen molar-refractivity contribution in [3.8, 4) is 5.75 Å². The van der Waals surface area contributed by atoms with Crippen LogP contribution in [-0.2, 0) is 0 Å². The molecular weight excluding hydrogens is 328 g/mol. The Labute approximate surface area is 145 Å². The Morgan fingerprint density at radius 2 is 2.09 bits per heavy atom. The van der Waals surface area contributed by atoms with Crippen molar-refractivity contribution in [3.63, 3.8) is 0 Å². The molecule has 0 spiro atoms. The average Bonchev–Trinajstić information content (AvgIpc) is 3.11. The summed E-state index contributed by atoms with van der Waals surface area (Å²) in [5.74, 6) is 2.74. The van der Waals surface area contributed by atoms with Crippen molar-refractivity contribution in [2.45, 2.75) is 10.8 Å². The molecule has 124 valence electrons. The molecule has 1 heterocycles. The third-order valence-electron chi connectivity index (χ3n) is 2.88. The molecule has 0 aliphatic carbocycles.